The van der Waals surface area contributed by atoms with Crippen molar-refractivity contribution in [1.29, 1.82) is 0 Å². The van der Waals surface area contributed by atoms with E-state index in [4.69, 9.17) is 10.5 Å². The van der Waals surface area contributed by atoms with Crippen molar-refractivity contribution >= 4 is 34.4 Å². The Hall–Kier alpha value is -1.15. The van der Waals surface area contributed by atoms with Crippen LogP contribution in [0.3, 0.4) is 0 Å². The first-order chi connectivity index (χ1) is 9.58. The summed E-state index contributed by atoms with van der Waals surface area (Å²) >= 11 is 2.20. The van der Waals surface area contributed by atoms with Gasteiger partial charge < -0.3 is 15.8 Å². The number of rotatable bonds is 5. The van der Waals surface area contributed by atoms with Crippen molar-refractivity contribution in [1.82, 2.24) is 5.32 Å². The number of carbonyl (C=O) groups excluding carboxylic acids is 2. The molecule has 0 unspecified atom stereocenters. The van der Waals surface area contributed by atoms with Crippen LogP contribution in [0.2, 0.25) is 0 Å². The predicted octanol–water partition coefficient (Wildman–Crippen LogP) is 0.840. The Bertz CT molecular complexity index is 501. The Morgan fingerprint density at radius 2 is 2.20 bits per heavy atom. The van der Waals surface area contributed by atoms with E-state index in [0.717, 1.165) is 9.13 Å². The minimum atomic E-state index is -0.681. The number of hydrogen-bond donors (Lipinski definition) is 2. The SMILES string of the molecule is NC(=O)[C@@H](Cc1ccccc1I)NC(=O)[C@@H]1CCOC1. The third-order valence-electron chi connectivity index (χ3n) is 3.34. The quantitative estimate of drug-likeness (QED) is 0.734. The summed E-state index contributed by atoms with van der Waals surface area (Å²) in [5.41, 5.74) is 6.39. The molecule has 0 aliphatic carbocycles. The molecule has 2 amide bonds. The van der Waals surface area contributed by atoms with Gasteiger partial charge in [-0.05, 0) is 40.6 Å². The van der Waals surface area contributed by atoms with Crippen molar-refractivity contribution < 1.29 is 14.3 Å². The Morgan fingerprint density at radius 1 is 1.45 bits per heavy atom. The van der Waals surface area contributed by atoms with E-state index in [9.17, 15) is 9.59 Å². The normalized spacial score (nSPS) is 19.6. The first-order valence-corrected chi connectivity index (χ1v) is 7.56. The lowest BCUT2D eigenvalue weighted by atomic mass is 10.0. The summed E-state index contributed by atoms with van der Waals surface area (Å²) in [6.45, 7) is 1.01. The zero-order valence-corrected chi connectivity index (χ0v) is 13.1. The van der Waals surface area contributed by atoms with E-state index in [-0.39, 0.29) is 11.8 Å². The molecule has 0 aromatic heterocycles. The van der Waals surface area contributed by atoms with E-state index in [1.54, 1.807) is 0 Å². The van der Waals surface area contributed by atoms with Crippen LogP contribution in [0.15, 0.2) is 24.3 Å². The predicted molar refractivity (Wildman–Crippen MR) is 82.9 cm³/mol. The van der Waals surface area contributed by atoms with Crippen molar-refractivity contribution in [2.24, 2.45) is 11.7 Å². The van der Waals surface area contributed by atoms with Crippen LogP contribution < -0.4 is 11.1 Å². The van der Waals surface area contributed by atoms with Crippen LogP contribution in [0.1, 0.15) is 12.0 Å². The van der Waals surface area contributed by atoms with Gasteiger partial charge in [0.2, 0.25) is 11.8 Å². The van der Waals surface area contributed by atoms with E-state index in [2.05, 4.69) is 27.9 Å². The molecule has 2 atom stereocenters. The van der Waals surface area contributed by atoms with Gasteiger partial charge >= 0.3 is 0 Å². The van der Waals surface area contributed by atoms with E-state index < -0.39 is 11.9 Å². The van der Waals surface area contributed by atoms with Crippen molar-refractivity contribution in [2.45, 2.75) is 18.9 Å². The maximum Gasteiger partial charge on any atom is 0.240 e. The van der Waals surface area contributed by atoms with Gasteiger partial charge in [-0.3, -0.25) is 9.59 Å². The largest absolute Gasteiger partial charge is 0.381 e. The first kappa shape index (κ1) is 15.2. The summed E-state index contributed by atoms with van der Waals surface area (Å²) in [6, 6.07) is 7.05. The highest BCUT2D eigenvalue weighted by Crippen LogP contribution is 2.15. The summed E-state index contributed by atoms with van der Waals surface area (Å²) in [5, 5.41) is 2.74. The third-order valence-corrected chi connectivity index (χ3v) is 4.39. The molecule has 1 fully saturated rings. The van der Waals surface area contributed by atoms with Crippen LogP contribution in [-0.2, 0) is 20.7 Å². The molecule has 1 aromatic carbocycles. The summed E-state index contributed by atoms with van der Waals surface area (Å²) in [5.74, 6) is -0.846. The van der Waals surface area contributed by atoms with Gasteiger partial charge in [0, 0.05) is 16.6 Å². The van der Waals surface area contributed by atoms with Crippen LogP contribution in [0.25, 0.3) is 0 Å². The van der Waals surface area contributed by atoms with Crippen molar-refractivity contribution in [2.75, 3.05) is 13.2 Å². The van der Waals surface area contributed by atoms with Gasteiger partial charge in [0.25, 0.3) is 0 Å². The second-order valence-electron chi connectivity index (χ2n) is 4.82. The summed E-state index contributed by atoms with van der Waals surface area (Å²) < 4.78 is 6.23. The average molecular weight is 388 g/mol. The molecule has 0 radical (unpaired) electrons. The lowest BCUT2D eigenvalue weighted by Gasteiger charge is -2.18. The zero-order valence-electron chi connectivity index (χ0n) is 11.0. The smallest absolute Gasteiger partial charge is 0.240 e. The maximum atomic E-state index is 12.0. The molecule has 2 rings (SSSR count). The molecule has 1 aliphatic heterocycles. The lowest BCUT2D eigenvalue weighted by Crippen LogP contribution is -2.48. The highest BCUT2D eigenvalue weighted by Gasteiger charge is 2.27. The van der Waals surface area contributed by atoms with E-state index in [1.807, 2.05) is 24.3 Å². The highest BCUT2D eigenvalue weighted by atomic mass is 127. The number of ether oxygens (including phenoxy) is 1. The number of amides is 2. The standard InChI is InChI=1S/C14H17IN2O3/c15-11-4-2-1-3-9(11)7-12(13(16)18)17-14(19)10-5-6-20-8-10/h1-4,10,12H,5-8H2,(H2,16,18)(H,17,19)/t10-,12-/m1/s1. The van der Waals surface area contributed by atoms with Crippen LogP contribution in [-0.4, -0.2) is 31.1 Å². The average Bonchev–Trinajstić information content (AvgIpc) is 2.94. The Labute approximate surface area is 131 Å². The fourth-order valence-electron chi connectivity index (χ4n) is 2.14. The van der Waals surface area contributed by atoms with Crippen molar-refractivity contribution in [3.05, 3.63) is 33.4 Å². The van der Waals surface area contributed by atoms with Gasteiger partial charge in [-0.2, -0.15) is 0 Å². The monoisotopic (exact) mass is 388 g/mol. The van der Waals surface area contributed by atoms with Crippen LogP contribution in [0, 0.1) is 9.49 Å². The number of halogens is 1. The Morgan fingerprint density at radius 3 is 2.80 bits per heavy atom. The first-order valence-electron chi connectivity index (χ1n) is 6.48. The summed E-state index contributed by atoms with van der Waals surface area (Å²) in [4.78, 5) is 23.6. The Kier molecular flexibility index (Phi) is 5.36. The highest BCUT2D eigenvalue weighted by molar-refractivity contribution is 14.1. The van der Waals surface area contributed by atoms with Gasteiger partial charge in [-0.25, -0.2) is 0 Å². The number of carbonyl (C=O) groups is 2. The van der Waals surface area contributed by atoms with E-state index >= 15 is 0 Å². The summed E-state index contributed by atoms with van der Waals surface area (Å²) in [7, 11) is 0. The van der Waals surface area contributed by atoms with Gasteiger partial charge in [0.15, 0.2) is 0 Å². The molecule has 1 saturated heterocycles. The molecule has 6 heteroatoms. The molecule has 0 bridgehead atoms. The molecule has 108 valence electrons. The number of nitrogens with two attached hydrogens (primary N) is 1. The van der Waals surface area contributed by atoms with Gasteiger partial charge in [-0.1, -0.05) is 18.2 Å². The number of primary amides is 1. The zero-order chi connectivity index (χ0) is 14.5. The molecule has 1 aliphatic rings. The fraction of sp³-hybridized carbons (Fsp3) is 0.429. The Balaban J connectivity index is 2.02. The molecule has 0 saturated carbocycles. The molecule has 3 N–H and O–H groups in total. The van der Waals surface area contributed by atoms with Crippen molar-refractivity contribution in [3.8, 4) is 0 Å². The number of benzene rings is 1. The molecule has 5 nitrogen and oxygen atoms in total. The second kappa shape index (κ2) is 7.03. The minimum absolute atomic E-state index is 0.155. The van der Waals surface area contributed by atoms with Crippen LogP contribution in [0.4, 0.5) is 0 Å². The molecular weight excluding hydrogens is 371 g/mol. The molecule has 20 heavy (non-hydrogen) atoms. The van der Waals surface area contributed by atoms with Crippen molar-refractivity contribution in [3.63, 3.8) is 0 Å². The molecule has 1 aromatic rings. The van der Waals surface area contributed by atoms with Gasteiger partial charge in [0.1, 0.15) is 6.04 Å². The van der Waals surface area contributed by atoms with Gasteiger partial charge in [0.05, 0.1) is 12.5 Å². The van der Waals surface area contributed by atoms with E-state index in [1.165, 1.54) is 0 Å². The van der Waals surface area contributed by atoms with Crippen LogP contribution in [0.5, 0.6) is 0 Å². The molecule has 0 spiro atoms. The molecular formula is C14H17IN2O3. The fourth-order valence-corrected chi connectivity index (χ4v) is 2.75. The second-order valence-corrected chi connectivity index (χ2v) is 5.98. The number of nitrogens with one attached hydrogen (secondary N) is 1. The molecule has 1 heterocycles. The van der Waals surface area contributed by atoms with Gasteiger partial charge in [-0.15, -0.1) is 0 Å². The number of hydrogen-bond acceptors (Lipinski definition) is 3. The minimum Gasteiger partial charge on any atom is -0.381 e. The third kappa shape index (κ3) is 3.92. The lowest BCUT2D eigenvalue weighted by molar-refractivity contribution is -0.129. The van der Waals surface area contributed by atoms with Crippen LogP contribution >= 0.6 is 22.6 Å². The van der Waals surface area contributed by atoms with E-state index in [0.29, 0.717) is 26.1 Å². The summed E-state index contributed by atoms with van der Waals surface area (Å²) in [6.07, 6.45) is 1.11. The maximum absolute atomic E-state index is 12.0. The topological polar surface area (TPSA) is 81.4 Å².